The van der Waals surface area contributed by atoms with Crippen molar-refractivity contribution in [3.63, 3.8) is 0 Å². The SMILES string of the molecule is CCCOc1ccc(C(NC)c2cc3c(s2)CCC3)cc1. The Labute approximate surface area is 131 Å². The summed E-state index contributed by atoms with van der Waals surface area (Å²) in [7, 11) is 2.04. The standard InChI is InChI=1S/C18H23NOS/c1-3-11-20-15-9-7-13(8-10-15)18(19-2)17-12-14-5-4-6-16(14)21-17/h7-10,12,18-19H,3-6,11H2,1-2H3. The van der Waals surface area contributed by atoms with E-state index in [1.54, 1.807) is 10.4 Å². The average molecular weight is 301 g/mol. The molecule has 21 heavy (non-hydrogen) atoms. The van der Waals surface area contributed by atoms with E-state index in [0.717, 1.165) is 18.8 Å². The van der Waals surface area contributed by atoms with Crippen LogP contribution < -0.4 is 10.1 Å². The average Bonchev–Trinajstić information content (AvgIpc) is 3.09. The summed E-state index contributed by atoms with van der Waals surface area (Å²) in [6.45, 7) is 2.91. The Kier molecular flexibility index (Phi) is 4.61. The van der Waals surface area contributed by atoms with Crippen LogP contribution in [0.5, 0.6) is 5.75 Å². The number of thiophene rings is 1. The van der Waals surface area contributed by atoms with Crippen molar-refractivity contribution in [3.8, 4) is 5.75 Å². The van der Waals surface area contributed by atoms with Crippen molar-refractivity contribution >= 4 is 11.3 Å². The second-order valence-electron chi connectivity index (χ2n) is 5.59. The van der Waals surface area contributed by atoms with Crippen molar-refractivity contribution in [1.82, 2.24) is 5.32 Å². The van der Waals surface area contributed by atoms with Crippen LogP contribution in [-0.4, -0.2) is 13.7 Å². The lowest BCUT2D eigenvalue weighted by Crippen LogP contribution is -2.16. The van der Waals surface area contributed by atoms with E-state index in [2.05, 4.69) is 42.6 Å². The Morgan fingerprint density at radius 3 is 2.71 bits per heavy atom. The normalized spacial score (nSPS) is 15.0. The molecule has 1 aliphatic carbocycles. The number of fused-ring (bicyclic) bond motifs is 1. The number of hydrogen-bond acceptors (Lipinski definition) is 3. The van der Waals surface area contributed by atoms with E-state index in [4.69, 9.17) is 4.74 Å². The highest BCUT2D eigenvalue weighted by molar-refractivity contribution is 7.12. The zero-order chi connectivity index (χ0) is 14.7. The van der Waals surface area contributed by atoms with Gasteiger partial charge in [0, 0.05) is 9.75 Å². The van der Waals surface area contributed by atoms with Crippen LogP contribution in [-0.2, 0) is 12.8 Å². The quantitative estimate of drug-likeness (QED) is 0.857. The largest absolute Gasteiger partial charge is 0.494 e. The zero-order valence-corrected chi connectivity index (χ0v) is 13.6. The van der Waals surface area contributed by atoms with E-state index >= 15 is 0 Å². The first kappa shape index (κ1) is 14.6. The van der Waals surface area contributed by atoms with Gasteiger partial charge >= 0.3 is 0 Å². The molecule has 1 unspecified atom stereocenters. The van der Waals surface area contributed by atoms with Crippen LogP contribution in [0.3, 0.4) is 0 Å². The zero-order valence-electron chi connectivity index (χ0n) is 12.8. The molecule has 0 saturated heterocycles. The summed E-state index contributed by atoms with van der Waals surface area (Å²) in [6, 6.07) is 11.2. The molecule has 0 amide bonds. The topological polar surface area (TPSA) is 21.3 Å². The van der Waals surface area contributed by atoms with Crippen molar-refractivity contribution < 1.29 is 4.74 Å². The van der Waals surface area contributed by atoms with Gasteiger partial charge in [-0.1, -0.05) is 19.1 Å². The Morgan fingerprint density at radius 1 is 1.24 bits per heavy atom. The summed E-state index contributed by atoms with van der Waals surface area (Å²) in [4.78, 5) is 3.03. The predicted molar refractivity (Wildman–Crippen MR) is 89.5 cm³/mol. The lowest BCUT2D eigenvalue weighted by atomic mass is 10.0. The smallest absolute Gasteiger partial charge is 0.119 e. The van der Waals surface area contributed by atoms with E-state index in [9.17, 15) is 0 Å². The highest BCUT2D eigenvalue weighted by Gasteiger charge is 2.20. The minimum absolute atomic E-state index is 0.292. The maximum Gasteiger partial charge on any atom is 0.119 e. The lowest BCUT2D eigenvalue weighted by molar-refractivity contribution is 0.317. The van der Waals surface area contributed by atoms with E-state index in [1.807, 2.05) is 18.4 Å². The van der Waals surface area contributed by atoms with Gasteiger partial charge in [-0.25, -0.2) is 0 Å². The molecular weight excluding hydrogens is 278 g/mol. The minimum atomic E-state index is 0.292. The van der Waals surface area contributed by atoms with Gasteiger partial charge in [0.25, 0.3) is 0 Å². The lowest BCUT2D eigenvalue weighted by Gasteiger charge is -2.16. The van der Waals surface area contributed by atoms with Gasteiger partial charge in [0.1, 0.15) is 5.75 Å². The van der Waals surface area contributed by atoms with Crippen molar-refractivity contribution in [3.05, 3.63) is 51.2 Å². The molecule has 0 saturated carbocycles. The van der Waals surface area contributed by atoms with Crippen molar-refractivity contribution in [2.24, 2.45) is 0 Å². The van der Waals surface area contributed by atoms with Crippen molar-refractivity contribution in [2.75, 3.05) is 13.7 Å². The van der Waals surface area contributed by atoms with E-state index in [0.29, 0.717) is 6.04 Å². The fraction of sp³-hybridized carbons (Fsp3) is 0.444. The first-order valence-electron chi connectivity index (χ1n) is 7.83. The molecule has 0 aliphatic heterocycles. The van der Waals surface area contributed by atoms with Gasteiger partial charge in [0.05, 0.1) is 12.6 Å². The highest BCUT2D eigenvalue weighted by Crippen LogP contribution is 2.36. The summed E-state index contributed by atoms with van der Waals surface area (Å²) >= 11 is 1.97. The number of ether oxygens (including phenoxy) is 1. The molecule has 1 heterocycles. The monoisotopic (exact) mass is 301 g/mol. The molecule has 3 rings (SSSR count). The number of nitrogens with one attached hydrogen (secondary N) is 1. The Bertz CT molecular complexity index is 566. The molecule has 1 aromatic heterocycles. The maximum absolute atomic E-state index is 5.66. The second-order valence-corrected chi connectivity index (χ2v) is 6.76. The van der Waals surface area contributed by atoms with E-state index < -0.39 is 0 Å². The maximum atomic E-state index is 5.66. The molecule has 1 aromatic carbocycles. The van der Waals surface area contributed by atoms with Gasteiger partial charge in [-0.05, 0) is 62.1 Å². The molecule has 2 nitrogen and oxygen atoms in total. The molecule has 0 spiro atoms. The second kappa shape index (κ2) is 6.63. The van der Waals surface area contributed by atoms with Gasteiger partial charge in [0.2, 0.25) is 0 Å². The molecule has 2 aromatic rings. The van der Waals surface area contributed by atoms with Crippen molar-refractivity contribution in [1.29, 1.82) is 0 Å². The van der Waals surface area contributed by atoms with Crippen LogP contribution in [0.25, 0.3) is 0 Å². The minimum Gasteiger partial charge on any atom is -0.494 e. The Morgan fingerprint density at radius 2 is 2.05 bits per heavy atom. The molecule has 0 radical (unpaired) electrons. The van der Waals surface area contributed by atoms with Crippen LogP contribution in [0, 0.1) is 0 Å². The number of aryl methyl sites for hydroxylation is 2. The van der Waals surface area contributed by atoms with Gasteiger partial charge in [-0.2, -0.15) is 0 Å². The van der Waals surface area contributed by atoms with Crippen LogP contribution >= 0.6 is 11.3 Å². The number of rotatable bonds is 6. The summed E-state index contributed by atoms with van der Waals surface area (Å²) in [6.07, 6.45) is 4.89. The van der Waals surface area contributed by atoms with Crippen molar-refractivity contribution in [2.45, 2.75) is 38.6 Å². The summed E-state index contributed by atoms with van der Waals surface area (Å²) in [5.74, 6) is 0.962. The molecular formula is C18H23NOS. The highest BCUT2D eigenvalue weighted by atomic mass is 32.1. The summed E-state index contributed by atoms with van der Waals surface area (Å²) < 4.78 is 5.66. The van der Waals surface area contributed by atoms with Gasteiger partial charge in [-0.3, -0.25) is 0 Å². The van der Waals surface area contributed by atoms with E-state index in [-0.39, 0.29) is 0 Å². The molecule has 1 atom stereocenters. The number of benzene rings is 1. The molecule has 1 aliphatic rings. The summed E-state index contributed by atoms with van der Waals surface area (Å²) in [5.41, 5.74) is 2.87. The molecule has 0 fully saturated rings. The van der Waals surface area contributed by atoms with Gasteiger partial charge < -0.3 is 10.1 Å². The Hall–Kier alpha value is -1.32. The van der Waals surface area contributed by atoms with Gasteiger partial charge in [-0.15, -0.1) is 11.3 Å². The third-order valence-corrected chi connectivity index (χ3v) is 5.33. The van der Waals surface area contributed by atoms with Gasteiger partial charge in [0.15, 0.2) is 0 Å². The molecule has 0 bridgehead atoms. The third-order valence-electron chi connectivity index (χ3n) is 4.03. The molecule has 3 heteroatoms. The van der Waals surface area contributed by atoms with Crippen LogP contribution in [0.2, 0.25) is 0 Å². The fourth-order valence-corrected chi connectivity index (χ4v) is 4.34. The van der Waals surface area contributed by atoms with Crippen LogP contribution in [0.1, 0.15) is 46.7 Å². The van der Waals surface area contributed by atoms with E-state index in [1.165, 1.54) is 29.7 Å². The first-order chi connectivity index (χ1) is 10.3. The fourth-order valence-electron chi connectivity index (χ4n) is 2.94. The first-order valence-corrected chi connectivity index (χ1v) is 8.65. The van der Waals surface area contributed by atoms with Crippen LogP contribution in [0.15, 0.2) is 30.3 Å². The number of hydrogen-bond donors (Lipinski definition) is 1. The third kappa shape index (κ3) is 3.14. The molecule has 112 valence electrons. The predicted octanol–water partition coefficient (Wildman–Crippen LogP) is 4.33. The van der Waals surface area contributed by atoms with Crippen LogP contribution in [0.4, 0.5) is 0 Å². The Balaban J connectivity index is 1.78. The summed E-state index contributed by atoms with van der Waals surface area (Å²) in [5, 5.41) is 3.46. The molecule has 1 N–H and O–H groups in total.